The van der Waals surface area contributed by atoms with E-state index in [0.29, 0.717) is 17.3 Å². The maximum Gasteiger partial charge on any atom is 0.288 e. The van der Waals surface area contributed by atoms with E-state index in [2.05, 4.69) is 31.0 Å². The number of hydrogen-bond donors (Lipinski definition) is 2. The average molecular weight is 349 g/mol. The summed E-state index contributed by atoms with van der Waals surface area (Å²) in [5.74, 6) is 0.432. The average Bonchev–Trinajstić information content (AvgIpc) is 3.33. The molecule has 0 aliphatic carbocycles. The number of fused-ring (bicyclic) bond motifs is 2. The van der Waals surface area contributed by atoms with Crippen LogP contribution in [0, 0.1) is 0 Å². The van der Waals surface area contributed by atoms with Crippen molar-refractivity contribution in [2.24, 2.45) is 0 Å². The van der Waals surface area contributed by atoms with Crippen molar-refractivity contribution in [3.63, 3.8) is 0 Å². The van der Waals surface area contributed by atoms with Crippen molar-refractivity contribution in [2.45, 2.75) is 6.04 Å². The predicted octanol–water partition coefficient (Wildman–Crippen LogP) is 2.18. The Balaban J connectivity index is 1.85. The zero-order valence-electron chi connectivity index (χ0n) is 12.7. The van der Waals surface area contributed by atoms with Gasteiger partial charge in [-0.05, 0) is 21.9 Å². The van der Waals surface area contributed by atoms with Gasteiger partial charge in [0.1, 0.15) is 11.7 Å². The van der Waals surface area contributed by atoms with Crippen LogP contribution in [0.5, 0.6) is 0 Å². The van der Waals surface area contributed by atoms with Crippen LogP contribution in [-0.2, 0) is 0 Å². The second-order valence-electron chi connectivity index (χ2n) is 5.55. The predicted molar refractivity (Wildman–Crippen MR) is 93.0 cm³/mol. The van der Waals surface area contributed by atoms with Crippen molar-refractivity contribution < 1.29 is 0 Å². The van der Waals surface area contributed by atoms with Crippen LogP contribution in [0.4, 0.5) is 11.6 Å². The molecule has 2 N–H and O–H groups in total. The molecular weight excluding hydrogens is 338 g/mol. The van der Waals surface area contributed by atoms with Crippen LogP contribution < -0.4 is 10.9 Å². The summed E-state index contributed by atoms with van der Waals surface area (Å²) >= 11 is 1.59. The Labute approximate surface area is 145 Å². The number of nitrogens with one attached hydrogen (secondary N) is 2. The van der Waals surface area contributed by atoms with E-state index in [1.807, 2.05) is 47.8 Å². The van der Waals surface area contributed by atoms with Crippen LogP contribution in [0.15, 0.2) is 52.6 Å². The molecule has 0 bridgehead atoms. The number of nitrogens with zero attached hydrogens (tertiary/aromatic N) is 5. The van der Waals surface area contributed by atoms with E-state index in [4.69, 9.17) is 0 Å². The van der Waals surface area contributed by atoms with Gasteiger partial charge in [0.25, 0.3) is 5.56 Å². The lowest BCUT2D eigenvalue weighted by Crippen LogP contribution is -2.28. The summed E-state index contributed by atoms with van der Waals surface area (Å²) in [6.07, 6.45) is 0. The highest BCUT2D eigenvalue weighted by molar-refractivity contribution is 7.10. The van der Waals surface area contributed by atoms with Gasteiger partial charge in [-0.3, -0.25) is 4.79 Å². The van der Waals surface area contributed by atoms with Gasteiger partial charge in [0, 0.05) is 16.0 Å². The topological polar surface area (TPSA) is 101 Å². The monoisotopic (exact) mass is 349 g/mol. The van der Waals surface area contributed by atoms with E-state index < -0.39 is 0 Å². The smallest absolute Gasteiger partial charge is 0.288 e. The molecule has 0 unspecified atom stereocenters. The zero-order valence-corrected chi connectivity index (χ0v) is 13.6. The van der Waals surface area contributed by atoms with Gasteiger partial charge < -0.3 is 5.32 Å². The summed E-state index contributed by atoms with van der Waals surface area (Å²) in [6.45, 7) is 0. The molecule has 0 fully saturated rings. The molecule has 5 rings (SSSR count). The largest absolute Gasteiger partial charge is 0.318 e. The van der Waals surface area contributed by atoms with Crippen molar-refractivity contribution in [1.82, 2.24) is 30.4 Å². The number of hydrogen-bond acceptors (Lipinski definition) is 7. The fourth-order valence-corrected chi connectivity index (χ4v) is 3.88. The van der Waals surface area contributed by atoms with Gasteiger partial charge in [-0.15, -0.1) is 11.3 Å². The SMILES string of the molecule is O=c1[nH]nc(-c2ccccc2)c2c1Nc1nnnn1[C@@H]2c1cccs1. The number of H-pyrrole nitrogens is 1. The number of tetrazole rings is 1. The minimum absolute atomic E-state index is 0.300. The maximum absolute atomic E-state index is 12.4. The highest BCUT2D eigenvalue weighted by Gasteiger charge is 2.34. The number of anilines is 2. The lowest BCUT2D eigenvalue weighted by atomic mass is 9.96. The minimum Gasteiger partial charge on any atom is -0.318 e. The Bertz CT molecular complexity index is 1100. The molecule has 1 aliphatic rings. The van der Waals surface area contributed by atoms with Crippen molar-refractivity contribution in [2.75, 3.05) is 5.32 Å². The van der Waals surface area contributed by atoms with Crippen LogP contribution >= 0.6 is 11.3 Å². The summed E-state index contributed by atoms with van der Waals surface area (Å²) < 4.78 is 1.68. The fraction of sp³-hybridized carbons (Fsp3) is 0.0625. The second kappa shape index (κ2) is 5.35. The molecule has 25 heavy (non-hydrogen) atoms. The quantitative estimate of drug-likeness (QED) is 0.506. The number of aromatic nitrogens is 6. The first-order valence-electron chi connectivity index (χ1n) is 7.59. The number of benzene rings is 1. The van der Waals surface area contributed by atoms with Crippen molar-refractivity contribution >= 4 is 23.0 Å². The first-order valence-corrected chi connectivity index (χ1v) is 8.47. The third-order valence-electron chi connectivity index (χ3n) is 4.13. The molecule has 0 radical (unpaired) electrons. The summed E-state index contributed by atoms with van der Waals surface area (Å²) in [5.41, 5.74) is 2.49. The summed E-state index contributed by atoms with van der Waals surface area (Å²) in [6, 6.07) is 13.4. The van der Waals surface area contributed by atoms with Crippen LogP contribution in [0.1, 0.15) is 16.5 Å². The fourth-order valence-electron chi connectivity index (χ4n) is 3.06. The van der Waals surface area contributed by atoms with Gasteiger partial charge >= 0.3 is 0 Å². The molecular formula is C16H11N7OS. The molecule has 122 valence electrons. The summed E-state index contributed by atoms with van der Waals surface area (Å²) in [5, 5.41) is 23.8. The van der Waals surface area contributed by atoms with Crippen LogP contribution in [-0.4, -0.2) is 30.4 Å². The van der Waals surface area contributed by atoms with E-state index >= 15 is 0 Å². The van der Waals surface area contributed by atoms with Crippen LogP contribution in [0.2, 0.25) is 0 Å². The van der Waals surface area contributed by atoms with E-state index in [9.17, 15) is 4.79 Å². The van der Waals surface area contributed by atoms with Gasteiger partial charge in [-0.25, -0.2) is 5.10 Å². The molecule has 0 spiro atoms. The van der Waals surface area contributed by atoms with Crippen LogP contribution in [0.25, 0.3) is 11.3 Å². The number of aromatic amines is 1. The van der Waals surface area contributed by atoms with Crippen molar-refractivity contribution in [1.29, 1.82) is 0 Å². The van der Waals surface area contributed by atoms with E-state index in [-0.39, 0.29) is 11.6 Å². The molecule has 8 nitrogen and oxygen atoms in total. The molecule has 0 saturated heterocycles. The number of rotatable bonds is 2. The minimum atomic E-state index is -0.314. The van der Waals surface area contributed by atoms with E-state index in [1.54, 1.807) is 16.0 Å². The third kappa shape index (κ3) is 2.09. The lowest BCUT2D eigenvalue weighted by molar-refractivity contribution is 0.574. The molecule has 4 aromatic rings. The Morgan fingerprint density at radius 3 is 2.80 bits per heavy atom. The Morgan fingerprint density at radius 2 is 2.00 bits per heavy atom. The van der Waals surface area contributed by atoms with Gasteiger partial charge in [0.05, 0.1) is 5.69 Å². The van der Waals surface area contributed by atoms with Gasteiger partial charge in [0.15, 0.2) is 0 Å². The molecule has 3 aromatic heterocycles. The molecule has 9 heteroatoms. The first-order chi connectivity index (χ1) is 12.3. The summed E-state index contributed by atoms with van der Waals surface area (Å²) in [7, 11) is 0. The Hall–Kier alpha value is -3.33. The van der Waals surface area contributed by atoms with Gasteiger partial charge in [-0.1, -0.05) is 41.5 Å². The lowest BCUT2D eigenvalue weighted by Gasteiger charge is -2.26. The summed E-state index contributed by atoms with van der Waals surface area (Å²) in [4.78, 5) is 13.5. The Kier molecular flexibility index (Phi) is 3.01. The molecule has 1 aliphatic heterocycles. The molecule has 1 atom stereocenters. The third-order valence-corrected chi connectivity index (χ3v) is 5.05. The van der Waals surface area contributed by atoms with Crippen molar-refractivity contribution in [3.05, 3.63) is 68.6 Å². The van der Waals surface area contributed by atoms with E-state index in [0.717, 1.165) is 16.0 Å². The zero-order chi connectivity index (χ0) is 16.8. The molecule has 1 aromatic carbocycles. The highest BCUT2D eigenvalue weighted by Crippen LogP contribution is 2.42. The van der Waals surface area contributed by atoms with Crippen LogP contribution in [0.3, 0.4) is 0 Å². The van der Waals surface area contributed by atoms with Gasteiger partial charge in [-0.2, -0.15) is 9.78 Å². The van der Waals surface area contributed by atoms with E-state index in [1.165, 1.54) is 0 Å². The maximum atomic E-state index is 12.4. The Morgan fingerprint density at radius 1 is 1.12 bits per heavy atom. The number of thiophene rings is 1. The second-order valence-corrected chi connectivity index (χ2v) is 6.53. The molecule has 0 saturated carbocycles. The molecule has 4 heterocycles. The highest BCUT2D eigenvalue weighted by atomic mass is 32.1. The first kappa shape index (κ1) is 14.1. The van der Waals surface area contributed by atoms with Crippen molar-refractivity contribution in [3.8, 4) is 11.3 Å². The normalized spacial score (nSPS) is 15.3. The standard InChI is InChI=1S/C16H11N7OS/c24-15-13-11(12(18-19-15)9-5-2-1-3-6-9)14(10-7-4-8-25-10)23-16(17-13)20-21-22-23/h1-8,14H,(H,19,24)(H,17,20,22)/t14-/m1/s1. The van der Waals surface area contributed by atoms with Gasteiger partial charge in [0.2, 0.25) is 5.95 Å². The molecule has 0 amide bonds.